The Bertz CT molecular complexity index is 294. The van der Waals surface area contributed by atoms with Crippen LogP contribution in [0.25, 0.3) is 6.08 Å². The molecule has 0 aliphatic rings. The lowest BCUT2D eigenvalue weighted by molar-refractivity contribution is 0.731. The second-order valence-electron chi connectivity index (χ2n) is 2.99. The molecule has 0 aliphatic heterocycles. The fraction of sp³-hybridized carbons (Fsp3) is 0.273. The number of nitrogens with one attached hydrogen (secondary N) is 1. The molecule has 1 nitrogen and oxygen atoms in total. The third-order valence-electron chi connectivity index (χ3n) is 1.88. The molecule has 70 valence electrons. The van der Waals surface area contributed by atoms with Crippen molar-refractivity contribution in [3.63, 3.8) is 0 Å². The van der Waals surface area contributed by atoms with Crippen molar-refractivity contribution in [2.45, 2.75) is 13.0 Å². The average molecular weight is 196 g/mol. The lowest BCUT2D eigenvalue weighted by atomic mass is 10.2. The van der Waals surface area contributed by atoms with Crippen LogP contribution in [0.5, 0.6) is 0 Å². The number of hydrogen-bond donors (Lipinski definition) is 1. The van der Waals surface area contributed by atoms with Crippen LogP contribution in [0.15, 0.2) is 30.3 Å². The number of hydrogen-bond acceptors (Lipinski definition) is 1. The van der Waals surface area contributed by atoms with Gasteiger partial charge in [0.15, 0.2) is 0 Å². The molecule has 13 heavy (non-hydrogen) atoms. The summed E-state index contributed by atoms with van der Waals surface area (Å²) >= 11 is 5.84. The van der Waals surface area contributed by atoms with E-state index in [-0.39, 0.29) is 0 Å². The van der Waals surface area contributed by atoms with Gasteiger partial charge in [-0.3, -0.25) is 0 Å². The molecule has 0 aliphatic carbocycles. The van der Waals surface area contributed by atoms with Crippen LogP contribution in [0.1, 0.15) is 12.5 Å². The molecule has 0 bridgehead atoms. The first-order chi connectivity index (χ1) is 6.22. The highest BCUT2D eigenvalue weighted by Gasteiger charge is 1.91. The summed E-state index contributed by atoms with van der Waals surface area (Å²) in [6.07, 6.45) is 4.17. The first kappa shape index (κ1) is 10.3. The molecule has 1 N–H and O–H groups in total. The third-order valence-corrected chi connectivity index (χ3v) is 2.12. The van der Waals surface area contributed by atoms with Gasteiger partial charge in [0.2, 0.25) is 0 Å². The Morgan fingerprint density at radius 3 is 2.85 bits per heavy atom. The van der Waals surface area contributed by atoms with E-state index in [1.807, 2.05) is 31.3 Å². The van der Waals surface area contributed by atoms with E-state index in [1.54, 1.807) is 0 Å². The van der Waals surface area contributed by atoms with Crippen LogP contribution in [-0.4, -0.2) is 13.1 Å². The molecule has 0 heterocycles. The molecule has 0 aromatic heterocycles. The normalized spacial score (nSPS) is 13.5. The SMILES string of the molecule is CNC(C)/C=C/c1cccc(Cl)c1. The highest BCUT2D eigenvalue weighted by atomic mass is 35.5. The van der Waals surface area contributed by atoms with E-state index in [1.165, 1.54) is 0 Å². The minimum atomic E-state index is 0.388. The van der Waals surface area contributed by atoms with Crippen molar-refractivity contribution < 1.29 is 0 Å². The maximum Gasteiger partial charge on any atom is 0.0411 e. The maximum atomic E-state index is 5.84. The van der Waals surface area contributed by atoms with Crippen molar-refractivity contribution in [3.05, 3.63) is 40.9 Å². The molecule has 0 radical (unpaired) electrons. The molecule has 1 aromatic carbocycles. The van der Waals surface area contributed by atoms with Gasteiger partial charge in [-0.1, -0.05) is 35.9 Å². The van der Waals surface area contributed by atoms with Crippen molar-refractivity contribution in [2.24, 2.45) is 0 Å². The molecule has 1 unspecified atom stereocenters. The Balaban J connectivity index is 2.68. The highest BCUT2D eigenvalue weighted by Crippen LogP contribution is 2.11. The minimum absolute atomic E-state index is 0.388. The summed E-state index contributed by atoms with van der Waals surface area (Å²) in [6.45, 7) is 2.10. The smallest absolute Gasteiger partial charge is 0.0411 e. The summed E-state index contributed by atoms with van der Waals surface area (Å²) in [5.41, 5.74) is 1.13. The molecule has 0 spiro atoms. The van der Waals surface area contributed by atoms with E-state index in [4.69, 9.17) is 11.6 Å². The van der Waals surface area contributed by atoms with Crippen molar-refractivity contribution in [1.29, 1.82) is 0 Å². The first-order valence-corrected chi connectivity index (χ1v) is 4.71. The summed E-state index contributed by atoms with van der Waals surface area (Å²) < 4.78 is 0. The van der Waals surface area contributed by atoms with Crippen LogP contribution >= 0.6 is 11.6 Å². The van der Waals surface area contributed by atoms with E-state index >= 15 is 0 Å². The summed E-state index contributed by atoms with van der Waals surface area (Å²) in [4.78, 5) is 0. The van der Waals surface area contributed by atoms with Crippen LogP contribution in [0.3, 0.4) is 0 Å². The Morgan fingerprint density at radius 2 is 2.23 bits per heavy atom. The predicted octanol–water partition coefficient (Wildman–Crippen LogP) is 2.96. The Morgan fingerprint density at radius 1 is 1.46 bits per heavy atom. The Hall–Kier alpha value is -0.790. The second kappa shape index (κ2) is 5.05. The molecule has 2 heteroatoms. The Labute approximate surface area is 84.4 Å². The highest BCUT2D eigenvalue weighted by molar-refractivity contribution is 6.30. The lowest BCUT2D eigenvalue weighted by Gasteiger charge is -2.02. The van der Waals surface area contributed by atoms with Crippen LogP contribution in [0, 0.1) is 0 Å². The number of benzene rings is 1. The monoisotopic (exact) mass is 195 g/mol. The first-order valence-electron chi connectivity index (χ1n) is 4.33. The van der Waals surface area contributed by atoms with Gasteiger partial charge in [-0.25, -0.2) is 0 Å². The van der Waals surface area contributed by atoms with E-state index < -0.39 is 0 Å². The van der Waals surface area contributed by atoms with Crippen LogP contribution < -0.4 is 5.32 Å². The van der Waals surface area contributed by atoms with Crippen LogP contribution in [0.4, 0.5) is 0 Å². The zero-order chi connectivity index (χ0) is 9.68. The standard InChI is InChI=1S/C11H14ClN/c1-9(13-2)6-7-10-4-3-5-11(12)8-10/h3-9,13H,1-2H3/b7-6+. The summed E-state index contributed by atoms with van der Waals surface area (Å²) in [6, 6.07) is 8.19. The van der Waals surface area contributed by atoms with Gasteiger partial charge >= 0.3 is 0 Å². The molecule has 1 atom stereocenters. The minimum Gasteiger partial charge on any atom is -0.314 e. The van der Waals surface area contributed by atoms with Gasteiger partial charge < -0.3 is 5.32 Å². The van der Waals surface area contributed by atoms with Gasteiger partial charge in [-0.15, -0.1) is 0 Å². The number of rotatable bonds is 3. The van der Waals surface area contributed by atoms with Crippen LogP contribution in [-0.2, 0) is 0 Å². The molecule has 0 amide bonds. The molecule has 0 fully saturated rings. The summed E-state index contributed by atoms with van der Waals surface area (Å²) in [5.74, 6) is 0. The van der Waals surface area contributed by atoms with Crippen molar-refractivity contribution >= 4 is 17.7 Å². The molecular formula is C11H14ClN. The molecular weight excluding hydrogens is 182 g/mol. The maximum absolute atomic E-state index is 5.84. The topological polar surface area (TPSA) is 12.0 Å². The van der Waals surface area contributed by atoms with Gasteiger partial charge in [0, 0.05) is 11.1 Å². The lowest BCUT2D eigenvalue weighted by Crippen LogP contribution is -2.17. The fourth-order valence-corrected chi connectivity index (χ4v) is 1.16. The average Bonchev–Trinajstić information content (AvgIpc) is 2.14. The zero-order valence-electron chi connectivity index (χ0n) is 7.92. The van der Waals surface area contributed by atoms with Gasteiger partial charge in [-0.2, -0.15) is 0 Å². The van der Waals surface area contributed by atoms with Crippen LogP contribution in [0.2, 0.25) is 5.02 Å². The van der Waals surface area contributed by atoms with E-state index in [2.05, 4.69) is 24.4 Å². The van der Waals surface area contributed by atoms with Crippen molar-refractivity contribution in [2.75, 3.05) is 7.05 Å². The van der Waals surface area contributed by atoms with Gasteiger partial charge in [0.1, 0.15) is 0 Å². The zero-order valence-corrected chi connectivity index (χ0v) is 8.68. The quantitative estimate of drug-likeness (QED) is 0.782. The summed E-state index contributed by atoms with van der Waals surface area (Å²) in [5, 5.41) is 3.91. The molecule has 0 saturated carbocycles. The van der Waals surface area contributed by atoms with Gasteiger partial charge in [0.25, 0.3) is 0 Å². The van der Waals surface area contributed by atoms with E-state index in [0.717, 1.165) is 10.6 Å². The number of halogens is 1. The largest absolute Gasteiger partial charge is 0.314 e. The fourth-order valence-electron chi connectivity index (χ4n) is 0.962. The number of likely N-dealkylation sites (N-methyl/N-ethyl adjacent to an activating group) is 1. The van der Waals surface area contributed by atoms with E-state index in [0.29, 0.717) is 6.04 Å². The van der Waals surface area contributed by atoms with Crippen molar-refractivity contribution in [3.8, 4) is 0 Å². The van der Waals surface area contributed by atoms with E-state index in [9.17, 15) is 0 Å². The second-order valence-corrected chi connectivity index (χ2v) is 3.43. The van der Waals surface area contributed by atoms with Crippen molar-refractivity contribution in [1.82, 2.24) is 5.32 Å². The predicted molar refractivity (Wildman–Crippen MR) is 59.0 cm³/mol. The third kappa shape index (κ3) is 3.62. The van der Waals surface area contributed by atoms with Gasteiger partial charge in [-0.05, 0) is 31.7 Å². The molecule has 0 saturated heterocycles. The Kier molecular flexibility index (Phi) is 4.00. The molecule has 1 aromatic rings. The van der Waals surface area contributed by atoms with Gasteiger partial charge in [0.05, 0.1) is 0 Å². The molecule has 1 rings (SSSR count). The summed E-state index contributed by atoms with van der Waals surface area (Å²) in [7, 11) is 1.94.